The fourth-order valence-electron chi connectivity index (χ4n) is 1.68. The highest BCUT2D eigenvalue weighted by atomic mass is 79.9. The summed E-state index contributed by atoms with van der Waals surface area (Å²) in [7, 11) is 0. The van der Waals surface area contributed by atoms with Gasteiger partial charge in [-0.3, -0.25) is 4.98 Å². The highest BCUT2D eigenvalue weighted by Gasteiger charge is 2.03. The molecule has 5 heteroatoms. The van der Waals surface area contributed by atoms with Gasteiger partial charge < -0.3 is 4.98 Å². The number of pyridine rings is 1. The first kappa shape index (κ1) is 11.7. The minimum absolute atomic E-state index is 0.853. The lowest BCUT2D eigenvalue weighted by atomic mass is 10.3. The van der Waals surface area contributed by atoms with Gasteiger partial charge in [-0.15, -0.1) is 0 Å². The number of para-hydroxylation sites is 2. The molecule has 0 spiro atoms. The largest absolute Gasteiger partial charge is 0.333 e. The molecule has 0 aliphatic rings. The van der Waals surface area contributed by atoms with Crippen LogP contribution in [0, 0.1) is 0 Å². The summed E-state index contributed by atoms with van der Waals surface area (Å²) < 4.78 is 1.00. The van der Waals surface area contributed by atoms with Crippen LogP contribution in [-0.2, 0) is 5.75 Å². The molecule has 0 aliphatic heterocycles. The van der Waals surface area contributed by atoms with E-state index >= 15 is 0 Å². The zero-order valence-electron chi connectivity index (χ0n) is 9.43. The molecule has 0 saturated heterocycles. The zero-order valence-corrected chi connectivity index (χ0v) is 11.8. The molecule has 0 amide bonds. The topological polar surface area (TPSA) is 41.6 Å². The van der Waals surface area contributed by atoms with Gasteiger partial charge in [-0.25, -0.2) is 4.98 Å². The molecule has 3 nitrogen and oxygen atoms in total. The van der Waals surface area contributed by atoms with Crippen molar-refractivity contribution in [1.29, 1.82) is 0 Å². The maximum atomic E-state index is 4.53. The molecule has 2 aromatic heterocycles. The van der Waals surface area contributed by atoms with Crippen LogP contribution in [0.3, 0.4) is 0 Å². The smallest absolute Gasteiger partial charge is 0.166 e. The van der Waals surface area contributed by atoms with Crippen LogP contribution in [0.5, 0.6) is 0 Å². The van der Waals surface area contributed by atoms with Gasteiger partial charge in [0.25, 0.3) is 0 Å². The minimum Gasteiger partial charge on any atom is -0.333 e. The SMILES string of the molecule is Brc1cncc(CSc2nc3ccccc3[nH]2)c1. The molecule has 0 atom stereocenters. The van der Waals surface area contributed by atoms with E-state index in [0.717, 1.165) is 26.4 Å². The number of imidazole rings is 1. The van der Waals surface area contributed by atoms with E-state index in [9.17, 15) is 0 Å². The van der Waals surface area contributed by atoms with Crippen molar-refractivity contribution in [3.8, 4) is 0 Å². The Morgan fingerprint density at radius 2 is 2.11 bits per heavy atom. The van der Waals surface area contributed by atoms with E-state index in [2.05, 4.69) is 36.9 Å². The lowest BCUT2D eigenvalue weighted by molar-refractivity contribution is 1.08. The quantitative estimate of drug-likeness (QED) is 0.741. The van der Waals surface area contributed by atoms with Crippen LogP contribution < -0.4 is 0 Å². The van der Waals surface area contributed by atoms with E-state index in [4.69, 9.17) is 0 Å². The minimum atomic E-state index is 0.853. The number of fused-ring (bicyclic) bond motifs is 1. The van der Waals surface area contributed by atoms with E-state index in [1.54, 1.807) is 18.0 Å². The van der Waals surface area contributed by atoms with Gasteiger partial charge in [0.05, 0.1) is 11.0 Å². The highest BCUT2D eigenvalue weighted by Crippen LogP contribution is 2.23. The van der Waals surface area contributed by atoms with Crippen molar-refractivity contribution in [2.45, 2.75) is 10.9 Å². The number of rotatable bonds is 3. The van der Waals surface area contributed by atoms with E-state index in [0.29, 0.717) is 0 Å². The number of benzene rings is 1. The Balaban J connectivity index is 1.76. The van der Waals surface area contributed by atoms with Crippen molar-refractivity contribution in [1.82, 2.24) is 15.0 Å². The molecule has 18 heavy (non-hydrogen) atoms. The number of aromatic nitrogens is 3. The number of nitrogens with one attached hydrogen (secondary N) is 1. The second-order valence-electron chi connectivity index (χ2n) is 3.86. The summed E-state index contributed by atoms with van der Waals surface area (Å²) in [5, 5.41) is 0.941. The molecule has 1 aromatic carbocycles. The highest BCUT2D eigenvalue weighted by molar-refractivity contribution is 9.10. The van der Waals surface area contributed by atoms with Crippen molar-refractivity contribution in [2.75, 3.05) is 0 Å². The summed E-state index contributed by atoms with van der Waals surface area (Å²) in [4.78, 5) is 12.0. The molecule has 2 heterocycles. The summed E-state index contributed by atoms with van der Waals surface area (Å²) in [6.45, 7) is 0. The first-order valence-corrected chi connectivity index (χ1v) is 7.26. The number of halogens is 1. The Morgan fingerprint density at radius 1 is 1.22 bits per heavy atom. The monoisotopic (exact) mass is 319 g/mol. The molecule has 0 fully saturated rings. The lowest BCUT2D eigenvalue weighted by Crippen LogP contribution is -1.83. The lowest BCUT2D eigenvalue weighted by Gasteiger charge is -1.98. The number of hydrogen-bond acceptors (Lipinski definition) is 3. The summed E-state index contributed by atoms with van der Waals surface area (Å²) in [6, 6.07) is 10.1. The van der Waals surface area contributed by atoms with Crippen LogP contribution >= 0.6 is 27.7 Å². The summed E-state index contributed by atoms with van der Waals surface area (Å²) in [6.07, 6.45) is 3.66. The Bertz CT molecular complexity index is 648. The molecular formula is C13H10BrN3S. The maximum Gasteiger partial charge on any atom is 0.166 e. The molecule has 0 aliphatic carbocycles. The normalized spacial score (nSPS) is 10.9. The second-order valence-corrected chi connectivity index (χ2v) is 5.74. The molecule has 0 radical (unpaired) electrons. The Kier molecular flexibility index (Phi) is 3.34. The molecule has 90 valence electrons. The van der Waals surface area contributed by atoms with Gasteiger partial charge in [-0.2, -0.15) is 0 Å². The summed E-state index contributed by atoms with van der Waals surface area (Å²) >= 11 is 5.10. The predicted octanol–water partition coefficient (Wildman–Crippen LogP) is 4.01. The van der Waals surface area contributed by atoms with Crippen LogP contribution in [0.25, 0.3) is 11.0 Å². The van der Waals surface area contributed by atoms with Gasteiger partial charge in [0.15, 0.2) is 5.16 Å². The van der Waals surface area contributed by atoms with Crippen molar-refractivity contribution < 1.29 is 0 Å². The van der Waals surface area contributed by atoms with Crippen LogP contribution in [0.1, 0.15) is 5.56 Å². The molecule has 0 saturated carbocycles. The fraction of sp³-hybridized carbons (Fsp3) is 0.0769. The summed E-state index contributed by atoms with van der Waals surface area (Å²) in [5.41, 5.74) is 3.26. The maximum absolute atomic E-state index is 4.53. The number of H-pyrrole nitrogens is 1. The fourth-order valence-corrected chi connectivity index (χ4v) is 2.90. The van der Waals surface area contributed by atoms with E-state index < -0.39 is 0 Å². The third-order valence-corrected chi connectivity index (χ3v) is 3.88. The van der Waals surface area contributed by atoms with Gasteiger partial charge in [0, 0.05) is 22.6 Å². The van der Waals surface area contributed by atoms with Gasteiger partial charge >= 0.3 is 0 Å². The van der Waals surface area contributed by atoms with Crippen LogP contribution in [0.15, 0.2) is 52.4 Å². The molecule has 0 unspecified atom stereocenters. The average molecular weight is 320 g/mol. The standard InChI is InChI=1S/C13H10BrN3S/c14-10-5-9(6-15-7-10)8-18-13-16-11-3-1-2-4-12(11)17-13/h1-7H,8H2,(H,16,17). The number of hydrogen-bond donors (Lipinski definition) is 1. The zero-order chi connectivity index (χ0) is 12.4. The van der Waals surface area contributed by atoms with E-state index in [1.807, 2.05) is 30.5 Å². The van der Waals surface area contributed by atoms with Crippen molar-refractivity contribution in [2.24, 2.45) is 0 Å². The molecule has 1 N–H and O–H groups in total. The number of aromatic amines is 1. The van der Waals surface area contributed by atoms with Gasteiger partial charge in [0.2, 0.25) is 0 Å². The molecule has 3 aromatic rings. The summed E-state index contributed by atoms with van der Waals surface area (Å²) in [5.74, 6) is 0.853. The van der Waals surface area contributed by atoms with E-state index in [1.165, 1.54) is 5.56 Å². The van der Waals surface area contributed by atoms with Crippen LogP contribution in [0.4, 0.5) is 0 Å². The third-order valence-electron chi connectivity index (χ3n) is 2.50. The van der Waals surface area contributed by atoms with E-state index in [-0.39, 0.29) is 0 Å². The van der Waals surface area contributed by atoms with Crippen LogP contribution in [0.2, 0.25) is 0 Å². The predicted molar refractivity (Wildman–Crippen MR) is 77.6 cm³/mol. The Morgan fingerprint density at radius 3 is 2.94 bits per heavy atom. The average Bonchev–Trinajstić information content (AvgIpc) is 2.79. The second kappa shape index (κ2) is 5.12. The first-order chi connectivity index (χ1) is 8.81. The van der Waals surface area contributed by atoms with Crippen LogP contribution in [-0.4, -0.2) is 15.0 Å². The Hall–Kier alpha value is -1.33. The van der Waals surface area contributed by atoms with Crippen molar-refractivity contribution in [3.63, 3.8) is 0 Å². The molecule has 0 bridgehead atoms. The number of nitrogens with zero attached hydrogens (tertiary/aromatic N) is 2. The number of thioether (sulfide) groups is 1. The van der Waals surface area contributed by atoms with Crippen molar-refractivity contribution in [3.05, 3.63) is 52.8 Å². The van der Waals surface area contributed by atoms with Gasteiger partial charge in [-0.05, 0) is 39.7 Å². The molecular weight excluding hydrogens is 310 g/mol. The van der Waals surface area contributed by atoms with Gasteiger partial charge in [-0.1, -0.05) is 23.9 Å². The Labute approximate surface area is 117 Å². The van der Waals surface area contributed by atoms with Crippen molar-refractivity contribution >= 4 is 38.7 Å². The molecule has 3 rings (SSSR count). The third kappa shape index (κ3) is 2.57. The van der Waals surface area contributed by atoms with Gasteiger partial charge in [0.1, 0.15) is 0 Å². The first-order valence-electron chi connectivity index (χ1n) is 5.48.